The van der Waals surface area contributed by atoms with Crippen LogP contribution in [0.3, 0.4) is 0 Å². The van der Waals surface area contributed by atoms with E-state index in [1.807, 2.05) is 73.1 Å². The highest BCUT2D eigenvalue weighted by Crippen LogP contribution is 2.33. The number of hydrogen-bond acceptors (Lipinski definition) is 8. The number of pyridine rings is 2. The predicted octanol–water partition coefficient (Wildman–Crippen LogP) is 5.34. The van der Waals surface area contributed by atoms with Crippen molar-refractivity contribution < 1.29 is 19.4 Å². The van der Waals surface area contributed by atoms with Crippen molar-refractivity contribution in [3.05, 3.63) is 95.9 Å². The van der Waals surface area contributed by atoms with Crippen molar-refractivity contribution >= 4 is 22.9 Å². The number of nitrogens with one attached hydrogen (secondary N) is 1. The summed E-state index contributed by atoms with van der Waals surface area (Å²) in [6, 6.07) is 18.8. The summed E-state index contributed by atoms with van der Waals surface area (Å²) in [4.78, 5) is 21.5. The first-order valence-corrected chi connectivity index (χ1v) is 14.4. The van der Waals surface area contributed by atoms with Gasteiger partial charge in [0.2, 0.25) is 5.88 Å². The average Bonchev–Trinajstić information content (AvgIpc) is 3.68. The van der Waals surface area contributed by atoms with Gasteiger partial charge in [-0.15, -0.1) is 11.3 Å². The lowest BCUT2D eigenvalue weighted by atomic mass is 10.1. The molecular formula is C31H35N5O4S. The standard InChI is InChI=1S/C29H29N5O4S.C2H6/c1-19(32-17-21(35)18-37-24-9-3-2-7-22(24)26-11-6-14-39-26)15-20-16-33-28-25(10-5-13-34(20)28)38-29-23(27(30)36)8-4-12-31-29;1-2/h2-14,16,19,21,32,35H,15,17-18H2,1H3,(H2,30,36);1-2H3/t19?,21-;/m0./s1. The van der Waals surface area contributed by atoms with Crippen LogP contribution in [0.4, 0.5) is 0 Å². The van der Waals surface area contributed by atoms with Crippen molar-refractivity contribution in [3.8, 4) is 27.8 Å². The third-order valence-electron chi connectivity index (χ3n) is 6.14. The highest BCUT2D eigenvalue weighted by molar-refractivity contribution is 7.13. The van der Waals surface area contributed by atoms with Crippen LogP contribution in [0.15, 0.2) is 84.6 Å². The fourth-order valence-corrected chi connectivity index (χ4v) is 4.98. The number of benzene rings is 1. The number of fused-ring (bicyclic) bond motifs is 1. The van der Waals surface area contributed by atoms with Crippen molar-refractivity contribution in [2.24, 2.45) is 5.73 Å². The maximum absolute atomic E-state index is 11.7. The molecule has 5 rings (SSSR count). The third kappa shape index (κ3) is 7.49. The van der Waals surface area contributed by atoms with Gasteiger partial charge in [-0.25, -0.2) is 9.97 Å². The molecule has 10 heteroatoms. The molecule has 1 amide bonds. The van der Waals surface area contributed by atoms with Crippen LogP contribution in [0, 0.1) is 0 Å². The van der Waals surface area contributed by atoms with Gasteiger partial charge in [0.15, 0.2) is 11.4 Å². The molecule has 5 aromatic rings. The predicted molar refractivity (Wildman–Crippen MR) is 162 cm³/mol. The van der Waals surface area contributed by atoms with Crippen molar-refractivity contribution in [3.63, 3.8) is 0 Å². The normalized spacial score (nSPS) is 12.3. The summed E-state index contributed by atoms with van der Waals surface area (Å²) in [5.74, 6) is 0.727. The monoisotopic (exact) mass is 573 g/mol. The lowest BCUT2D eigenvalue weighted by Crippen LogP contribution is -2.37. The second-order valence-electron chi connectivity index (χ2n) is 9.09. The number of rotatable bonds is 12. The molecular weight excluding hydrogens is 538 g/mol. The first kappa shape index (κ1) is 29.7. The van der Waals surface area contributed by atoms with Crippen LogP contribution < -0.4 is 20.5 Å². The minimum atomic E-state index is -0.677. The Morgan fingerprint density at radius 2 is 1.88 bits per heavy atom. The van der Waals surface area contributed by atoms with Gasteiger partial charge in [0, 0.05) is 53.7 Å². The zero-order valence-corrected chi connectivity index (χ0v) is 24.2. The number of ether oxygens (including phenoxy) is 2. The minimum Gasteiger partial charge on any atom is -0.490 e. The van der Waals surface area contributed by atoms with Gasteiger partial charge in [-0.3, -0.25) is 4.79 Å². The van der Waals surface area contributed by atoms with Crippen LogP contribution in [0.1, 0.15) is 36.8 Å². The number of nitrogens with two attached hydrogens (primary N) is 1. The molecule has 0 radical (unpaired) electrons. The maximum Gasteiger partial charge on any atom is 0.254 e. The SMILES string of the molecule is CC.CC(Cc1cnc2c(Oc3ncccc3C(N)=O)cccn12)NC[C@H](O)COc1ccccc1-c1cccs1. The minimum absolute atomic E-state index is 0.0554. The summed E-state index contributed by atoms with van der Waals surface area (Å²) < 4.78 is 13.8. The molecule has 0 spiro atoms. The van der Waals surface area contributed by atoms with E-state index in [9.17, 15) is 9.90 Å². The number of amides is 1. The van der Waals surface area contributed by atoms with Crippen LogP contribution in [0.5, 0.6) is 17.4 Å². The number of para-hydroxylation sites is 1. The second-order valence-corrected chi connectivity index (χ2v) is 10.0. The van der Waals surface area contributed by atoms with Crippen molar-refractivity contribution in [2.45, 2.75) is 39.3 Å². The Bertz CT molecular complexity index is 1550. The summed E-state index contributed by atoms with van der Waals surface area (Å²) in [6.07, 6.45) is 5.21. The molecule has 0 saturated heterocycles. The van der Waals surface area contributed by atoms with E-state index in [4.69, 9.17) is 15.2 Å². The Labute approximate surface area is 243 Å². The van der Waals surface area contributed by atoms with Gasteiger partial charge in [-0.05, 0) is 54.8 Å². The molecule has 41 heavy (non-hydrogen) atoms. The number of imidazole rings is 1. The van der Waals surface area contributed by atoms with Crippen LogP contribution >= 0.6 is 11.3 Å². The van der Waals surface area contributed by atoms with E-state index in [2.05, 4.69) is 21.4 Å². The number of aromatic nitrogens is 3. The molecule has 0 fully saturated rings. The van der Waals surface area contributed by atoms with Gasteiger partial charge < -0.3 is 30.0 Å². The molecule has 1 unspecified atom stereocenters. The van der Waals surface area contributed by atoms with E-state index in [0.29, 0.717) is 24.4 Å². The molecule has 4 aromatic heterocycles. The number of aliphatic hydroxyl groups is 1. The number of aliphatic hydroxyl groups excluding tert-OH is 1. The molecule has 0 saturated carbocycles. The molecule has 1 aromatic carbocycles. The lowest BCUT2D eigenvalue weighted by Gasteiger charge is -2.18. The van der Waals surface area contributed by atoms with Gasteiger partial charge in [0.1, 0.15) is 24.0 Å². The van der Waals surface area contributed by atoms with Crippen molar-refractivity contribution in [2.75, 3.05) is 13.2 Å². The van der Waals surface area contributed by atoms with Gasteiger partial charge in [-0.1, -0.05) is 32.0 Å². The number of hydrogen-bond donors (Lipinski definition) is 3. The Balaban J connectivity index is 0.00000189. The second kappa shape index (κ2) is 14.4. The highest BCUT2D eigenvalue weighted by Gasteiger charge is 2.16. The van der Waals surface area contributed by atoms with Crippen LogP contribution in [0.2, 0.25) is 0 Å². The summed E-state index contributed by atoms with van der Waals surface area (Å²) in [7, 11) is 0. The molecule has 0 aliphatic rings. The Morgan fingerprint density at radius 3 is 2.66 bits per heavy atom. The number of carbonyl (C=O) groups excluding carboxylic acids is 1. The number of primary amides is 1. The summed E-state index contributed by atoms with van der Waals surface area (Å²) in [5, 5.41) is 16.0. The molecule has 2 atom stereocenters. The van der Waals surface area contributed by atoms with E-state index in [-0.39, 0.29) is 24.1 Å². The molecule has 214 valence electrons. The van der Waals surface area contributed by atoms with Crippen molar-refractivity contribution in [1.29, 1.82) is 0 Å². The number of thiophene rings is 1. The van der Waals surface area contributed by atoms with Crippen molar-refractivity contribution in [1.82, 2.24) is 19.7 Å². The van der Waals surface area contributed by atoms with Gasteiger partial charge in [0.05, 0.1) is 0 Å². The fourth-order valence-electron chi connectivity index (χ4n) is 4.23. The summed E-state index contributed by atoms with van der Waals surface area (Å²) in [5.41, 5.74) is 8.22. The summed E-state index contributed by atoms with van der Waals surface area (Å²) >= 11 is 1.65. The zero-order chi connectivity index (χ0) is 29.2. The van der Waals surface area contributed by atoms with E-state index >= 15 is 0 Å². The van der Waals surface area contributed by atoms with Gasteiger partial charge >= 0.3 is 0 Å². The first-order chi connectivity index (χ1) is 20.0. The van der Waals surface area contributed by atoms with E-state index in [1.54, 1.807) is 35.7 Å². The zero-order valence-electron chi connectivity index (χ0n) is 23.4. The van der Waals surface area contributed by atoms with Crippen LogP contribution in [-0.4, -0.2) is 50.7 Å². The van der Waals surface area contributed by atoms with E-state index in [0.717, 1.165) is 21.9 Å². The molecule has 4 heterocycles. The van der Waals surface area contributed by atoms with E-state index < -0.39 is 12.0 Å². The molecule has 0 bridgehead atoms. The summed E-state index contributed by atoms with van der Waals surface area (Å²) in [6.45, 7) is 6.61. The van der Waals surface area contributed by atoms with Crippen LogP contribution in [-0.2, 0) is 6.42 Å². The fraction of sp³-hybridized carbons (Fsp3) is 0.258. The number of carbonyl (C=O) groups is 1. The molecule has 0 aliphatic carbocycles. The van der Waals surface area contributed by atoms with Gasteiger partial charge in [-0.2, -0.15) is 0 Å². The first-order valence-electron chi connectivity index (χ1n) is 13.5. The third-order valence-corrected chi connectivity index (χ3v) is 7.05. The Morgan fingerprint density at radius 1 is 1.07 bits per heavy atom. The Kier molecular flexibility index (Phi) is 10.4. The topological polar surface area (TPSA) is 124 Å². The maximum atomic E-state index is 11.7. The molecule has 9 nitrogen and oxygen atoms in total. The lowest BCUT2D eigenvalue weighted by molar-refractivity contribution is 0.0997. The van der Waals surface area contributed by atoms with Gasteiger partial charge in [0.25, 0.3) is 5.91 Å². The number of nitrogens with zero attached hydrogens (tertiary/aromatic N) is 3. The van der Waals surface area contributed by atoms with Crippen LogP contribution in [0.25, 0.3) is 16.1 Å². The Hall–Kier alpha value is -4.25. The van der Waals surface area contributed by atoms with E-state index in [1.165, 1.54) is 6.20 Å². The molecule has 4 N–H and O–H groups in total. The largest absolute Gasteiger partial charge is 0.490 e. The quantitative estimate of drug-likeness (QED) is 0.184. The molecule has 0 aliphatic heterocycles. The smallest absolute Gasteiger partial charge is 0.254 e. The average molecular weight is 574 g/mol. The highest BCUT2D eigenvalue weighted by atomic mass is 32.1.